The molecule has 0 bridgehead atoms. The van der Waals surface area contributed by atoms with E-state index in [1.165, 1.54) is 5.56 Å². The Morgan fingerprint density at radius 1 is 1.14 bits per heavy atom. The Hall–Kier alpha value is -2.37. The zero-order valence-electron chi connectivity index (χ0n) is 17.0. The summed E-state index contributed by atoms with van der Waals surface area (Å²) in [4.78, 5) is 41.0. The van der Waals surface area contributed by atoms with Crippen molar-refractivity contribution < 1.29 is 19.1 Å². The molecule has 0 aromatic heterocycles. The molecule has 2 aliphatic heterocycles. The Morgan fingerprint density at radius 2 is 1.86 bits per heavy atom. The number of carbonyl (C=O) groups excluding carboxylic acids is 3. The Labute approximate surface area is 166 Å². The van der Waals surface area contributed by atoms with Gasteiger partial charge >= 0.3 is 5.97 Å². The lowest BCUT2D eigenvalue weighted by molar-refractivity contribution is -0.152. The molecule has 0 spiro atoms. The summed E-state index contributed by atoms with van der Waals surface area (Å²) in [7, 11) is 0. The average Bonchev–Trinajstić information content (AvgIpc) is 3.09. The van der Waals surface area contributed by atoms with Crippen molar-refractivity contribution in [2.45, 2.75) is 46.0 Å². The van der Waals surface area contributed by atoms with Crippen LogP contribution in [0.15, 0.2) is 24.3 Å². The standard InChI is InChI=1S/C22H30N2O4/c1-4-28-22(27)17-6-5-11-23(13-17)21(26)18-12-20(25)24(14-18)19-9-7-16(8-10-19)15(2)3/h7-10,15,17-18H,4-6,11-14H2,1-3H3/t17-,18+/m1/s1. The first-order chi connectivity index (χ1) is 13.4. The fourth-order valence-electron chi connectivity index (χ4n) is 4.05. The number of anilines is 1. The molecule has 2 atom stereocenters. The van der Waals surface area contributed by atoms with Gasteiger partial charge in [0.1, 0.15) is 0 Å². The average molecular weight is 386 g/mol. The second-order valence-electron chi connectivity index (χ2n) is 8.03. The normalized spacial score (nSPS) is 22.6. The molecule has 2 fully saturated rings. The zero-order valence-corrected chi connectivity index (χ0v) is 17.0. The van der Waals surface area contributed by atoms with Gasteiger partial charge < -0.3 is 14.5 Å². The van der Waals surface area contributed by atoms with E-state index in [2.05, 4.69) is 13.8 Å². The molecule has 0 unspecified atom stereocenters. The number of amides is 2. The van der Waals surface area contributed by atoms with Gasteiger partial charge in [-0.25, -0.2) is 0 Å². The molecule has 28 heavy (non-hydrogen) atoms. The number of hydrogen-bond acceptors (Lipinski definition) is 4. The molecule has 0 radical (unpaired) electrons. The Kier molecular flexibility index (Phi) is 6.37. The van der Waals surface area contributed by atoms with Crippen LogP contribution in [0.25, 0.3) is 0 Å². The molecule has 152 valence electrons. The maximum atomic E-state index is 13.0. The molecular formula is C22H30N2O4. The van der Waals surface area contributed by atoms with E-state index in [1.54, 1.807) is 16.7 Å². The minimum Gasteiger partial charge on any atom is -0.466 e. The van der Waals surface area contributed by atoms with Crippen LogP contribution in [0.2, 0.25) is 0 Å². The number of rotatable bonds is 5. The lowest BCUT2D eigenvalue weighted by Crippen LogP contribution is -2.45. The second kappa shape index (κ2) is 8.76. The van der Waals surface area contributed by atoms with Gasteiger partial charge in [-0.3, -0.25) is 14.4 Å². The van der Waals surface area contributed by atoms with E-state index in [1.807, 2.05) is 24.3 Å². The lowest BCUT2D eigenvalue weighted by Gasteiger charge is -2.33. The van der Waals surface area contributed by atoms with Crippen molar-refractivity contribution in [2.75, 3.05) is 31.1 Å². The van der Waals surface area contributed by atoms with E-state index in [-0.39, 0.29) is 36.0 Å². The topological polar surface area (TPSA) is 66.9 Å². The summed E-state index contributed by atoms with van der Waals surface area (Å²) < 4.78 is 5.11. The third kappa shape index (κ3) is 4.37. The fraction of sp³-hybridized carbons (Fsp3) is 0.591. The van der Waals surface area contributed by atoms with Crippen LogP contribution in [0.3, 0.4) is 0 Å². The molecule has 0 saturated carbocycles. The molecule has 6 nitrogen and oxygen atoms in total. The van der Waals surface area contributed by atoms with Crippen molar-refractivity contribution >= 4 is 23.5 Å². The molecule has 1 aromatic carbocycles. The molecular weight excluding hydrogens is 356 g/mol. The van der Waals surface area contributed by atoms with Crippen LogP contribution >= 0.6 is 0 Å². The van der Waals surface area contributed by atoms with Gasteiger partial charge in [-0.1, -0.05) is 26.0 Å². The molecule has 2 amide bonds. The van der Waals surface area contributed by atoms with Crippen LogP contribution in [-0.2, 0) is 19.1 Å². The number of piperidine rings is 1. The predicted octanol–water partition coefficient (Wildman–Crippen LogP) is 2.96. The van der Waals surface area contributed by atoms with Crippen LogP contribution in [-0.4, -0.2) is 48.9 Å². The summed E-state index contributed by atoms with van der Waals surface area (Å²) in [5.74, 6) is -0.440. The van der Waals surface area contributed by atoms with Gasteiger partial charge in [0.25, 0.3) is 0 Å². The summed E-state index contributed by atoms with van der Waals surface area (Å²) in [5, 5.41) is 0. The number of nitrogens with zero attached hydrogens (tertiary/aromatic N) is 2. The van der Waals surface area contributed by atoms with E-state index in [4.69, 9.17) is 4.74 Å². The minimum atomic E-state index is -0.349. The van der Waals surface area contributed by atoms with E-state index in [0.717, 1.165) is 18.5 Å². The van der Waals surface area contributed by atoms with E-state index < -0.39 is 0 Å². The summed E-state index contributed by atoms with van der Waals surface area (Å²) in [6, 6.07) is 7.99. The van der Waals surface area contributed by atoms with Crippen molar-refractivity contribution in [2.24, 2.45) is 11.8 Å². The first kappa shape index (κ1) is 20.4. The third-order valence-electron chi connectivity index (χ3n) is 5.70. The molecule has 6 heteroatoms. The van der Waals surface area contributed by atoms with Crippen LogP contribution in [0, 0.1) is 11.8 Å². The molecule has 3 rings (SSSR count). The quantitative estimate of drug-likeness (QED) is 0.730. The smallest absolute Gasteiger partial charge is 0.310 e. The molecule has 2 heterocycles. The van der Waals surface area contributed by atoms with Gasteiger partial charge in [0.05, 0.1) is 18.4 Å². The monoisotopic (exact) mass is 386 g/mol. The van der Waals surface area contributed by atoms with Crippen molar-refractivity contribution in [3.05, 3.63) is 29.8 Å². The number of carbonyl (C=O) groups is 3. The molecule has 1 aromatic rings. The zero-order chi connectivity index (χ0) is 20.3. The highest BCUT2D eigenvalue weighted by Crippen LogP contribution is 2.29. The summed E-state index contributed by atoms with van der Waals surface area (Å²) in [5.41, 5.74) is 2.06. The molecule has 0 N–H and O–H groups in total. The van der Waals surface area contributed by atoms with Crippen LogP contribution in [0.4, 0.5) is 5.69 Å². The Bertz CT molecular complexity index is 729. The Balaban J connectivity index is 1.64. The van der Waals surface area contributed by atoms with Crippen LogP contribution < -0.4 is 4.90 Å². The highest BCUT2D eigenvalue weighted by atomic mass is 16.5. The number of likely N-dealkylation sites (tertiary alicyclic amines) is 1. The molecule has 2 aliphatic rings. The van der Waals surface area contributed by atoms with Crippen molar-refractivity contribution in [3.63, 3.8) is 0 Å². The third-order valence-corrected chi connectivity index (χ3v) is 5.70. The number of hydrogen-bond donors (Lipinski definition) is 0. The van der Waals surface area contributed by atoms with Gasteiger partial charge in [0, 0.05) is 31.7 Å². The lowest BCUT2D eigenvalue weighted by atomic mass is 9.96. The highest BCUT2D eigenvalue weighted by Gasteiger charge is 2.39. The van der Waals surface area contributed by atoms with Crippen LogP contribution in [0.1, 0.15) is 51.5 Å². The highest BCUT2D eigenvalue weighted by molar-refractivity contribution is 6.00. The fourth-order valence-corrected chi connectivity index (χ4v) is 4.05. The number of esters is 1. The van der Waals surface area contributed by atoms with Crippen molar-refractivity contribution in [1.82, 2.24) is 4.90 Å². The van der Waals surface area contributed by atoms with Crippen molar-refractivity contribution in [1.29, 1.82) is 0 Å². The Morgan fingerprint density at radius 3 is 2.50 bits per heavy atom. The molecule has 2 saturated heterocycles. The SMILES string of the molecule is CCOC(=O)[C@@H]1CCCN(C(=O)[C@H]2CC(=O)N(c3ccc(C(C)C)cc3)C2)C1. The van der Waals surface area contributed by atoms with Gasteiger partial charge in [0.15, 0.2) is 0 Å². The van der Waals surface area contributed by atoms with Gasteiger partial charge in [0.2, 0.25) is 11.8 Å². The van der Waals surface area contributed by atoms with Gasteiger partial charge in [-0.2, -0.15) is 0 Å². The van der Waals surface area contributed by atoms with Crippen LogP contribution in [0.5, 0.6) is 0 Å². The minimum absolute atomic E-state index is 0.0189. The first-order valence-corrected chi connectivity index (χ1v) is 10.3. The van der Waals surface area contributed by atoms with Crippen molar-refractivity contribution in [3.8, 4) is 0 Å². The summed E-state index contributed by atoms with van der Waals surface area (Å²) in [6.07, 6.45) is 1.77. The van der Waals surface area contributed by atoms with E-state index >= 15 is 0 Å². The largest absolute Gasteiger partial charge is 0.466 e. The number of ether oxygens (including phenoxy) is 1. The van der Waals surface area contributed by atoms with Gasteiger partial charge in [-0.15, -0.1) is 0 Å². The van der Waals surface area contributed by atoms with Gasteiger partial charge in [-0.05, 0) is 43.4 Å². The number of benzene rings is 1. The summed E-state index contributed by atoms with van der Waals surface area (Å²) in [6.45, 7) is 7.84. The van der Waals surface area contributed by atoms with E-state index in [0.29, 0.717) is 32.2 Å². The predicted molar refractivity (Wildman–Crippen MR) is 107 cm³/mol. The molecule has 0 aliphatic carbocycles. The second-order valence-corrected chi connectivity index (χ2v) is 8.03. The summed E-state index contributed by atoms with van der Waals surface area (Å²) >= 11 is 0. The van der Waals surface area contributed by atoms with E-state index in [9.17, 15) is 14.4 Å². The maximum Gasteiger partial charge on any atom is 0.310 e. The maximum absolute atomic E-state index is 13.0. The first-order valence-electron chi connectivity index (χ1n) is 10.3.